The summed E-state index contributed by atoms with van der Waals surface area (Å²) in [6.07, 6.45) is -0.676. The van der Waals surface area contributed by atoms with Gasteiger partial charge in [0, 0.05) is 5.92 Å². The van der Waals surface area contributed by atoms with E-state index in [2.05, 4.69) is 0 Å². The summed E-state index contributed by atoms with van der Waals surface area (Å²) in [5.41, 5.74) is 0. The molecule has 0 aromatic heterocycles. The second-order valence-corrected chi connectivity index (χ2v) is 1.74. The standard InChI is InChI=1S/C5H11O3/c1-4(8)5(2-6)3-7/h2,4-8H,3H2,1H3. The van der Waals surface area contributed by atoms with Gasteiger partial charge in [-0.15, -0.1) is 0 Å². The zero-order chi connectivity index (χ0) is 6.57. The summed E-state index contributed by atoms with van der Waals surface area (Å²) in [4.78, 5) is 0. The summed E-state index contributed by atoms with van der Waals surface area (Å²) in [6, 6.07) is 0. The fraction of sp³-hybridized carbons (Fsp3) is 0.800. The third-order valence-corrected chi connectivity index (χ3v) is 1.02. The first-order valence-corrected chi connectivity index (χ1v) is 2.48. The minimum absolute atomic E-state index is 0.214. The highest BCUT2D eigenvalue weighted by Gasteiger charge is 2.11. The second kappa shape index (κ2) is 3.83. The summed E-state index contributed by atoms with van der Waals surface area (Å²) in [6.45, 7) is 2.09. The Hall–Kier alpha value is -0.120. The predicted molar refractivity (Wildman–Crippen MR) is 28.5 cm³/mol. The summed E-state index contributed by atoms with van der Waals surface area (Å²) >= 11 is 0. The quantitative estimate of drug-likeness (QED) is 0.470. The largest absolute Gasteiger partial charge is 0.396 e. The van der Waals surface area contributed by atoms with Crippen molar-refractivity contribution in [3.63, 3.8) is 0 Å². The highest BCUT2D eigenvalue weighted by molar-refractivity contribution is 4.69. The van der Waals surface area contributed by atoms with Crippen LogP contribution in [-0.2, 0) is 0 Å². The zero-order valence-electron chi connectivity index (χ0n) is 4.78. The Morgan fingerprint density at radius 1 is 1.62 bits per heavy atom. The molecular weight excluding hydrogens is 108 g/mol. The van der Waals surface area contributed by atoms with Crippen LogP contribution in [-0.4, -0.2) is 28.0 Å². The van der Waals surface area contributed by atoms with Gasteiger partial charge in [0.2, 0.25) is 0 Å². The molecule has 0 aliphatic carbocycles. The third kappa shape index (κ3) is 2.26. The first-order chi connectivity index (χ1) is 3.72. The van der Waals surface area contributed by atoms with Gasteiger partial charge >= 0.3 is 0 Å². The van der Waals surface area contributed by atoms with Crippen LogP contribution in [0.15, 0.2) is 0 Å². The van der Waals surface area contributed by atoms with Gasteiger partial charge in [-0.2, -0.15) is 0 Å². The first kappa shape index (κ1) is 7.88. The molecule has 0 spiro atoms. The minimum Gasteiger partial charge on any atom is -0.396 e. The van der Waals surface area contributed by atoms with E-state index in [0.29, 0.717) is 0 Å². The Morgan fingerprint density at radius 3 is 2.12 bits per heavy atom. The SMILES string of the molecule is CC(O)C([CH]O)CO. The number of hydrogen-bond donors (Lipinski definition) is 3. The van der Waals surface area contributed by atoms with E-state index >= 15 is 0 Å². The van der Waals surface area contributed by atoms with Gasteiger partial charge in [0.25, 0.3) is 0 Å². The smallest absolute Gasteiger partial charge is 0.0878 e. The van der Waals surface area contributed by atoms with Crippen molar-refractivity contribution >= 4 is 0 Å². The van der Waals surface area contributed by atoms with Crippen LogP contribution in [0.25, 0.3) is 0 Å². The molecule has 8 heavy (non-hydrogen) atoms. The molecule has 0 bridgehead atoms. The van der Waals surface area contributed by atoms with Crippen LogP contribution in [0.5, 0.6) is 0 Å². The van der Waals surface area contributed by atoms with Crippen molar-refractivity contribution in [2.24, 2.45) is 5.92 Å². The van der Waals surface area contributed by atoms with E-state index < -0.39 is 12.0 Å². The second-order valence-electron chi connectivity index (χ2n) is 1.74. The maximum Gasteiger partial charge on any atom is 0.0878 e. The van der Waals surface area contributed by atoms with Crippen molar-refractivity contribution < 1.29 is 15.3 Å². The number of hydrogen-bond acceptors (Lipinski definition) is 3. The fourth-order valence-corrected chi connectivity index (χ4v) is 0.324. The van der Waals surface area contributed by atoms with E-state index in [9.17, 15) is 0 Å². The molecule has 0 aromatic carbocycles. The molecule has 0 heterocycles. The maximum absolute atomic E-state index is 8.66. The molecule has 0 aliphatic rings. The Morgan fingerprint density at radius 2 is 2.12 bits per heavy atom. The molecule has 1 radical (unpaired) electrons. The highest BCUT2D eigenvalue weighted by Crippen LogP contribution is 2.02. The van der Waals surface area contributed by atoms with Gasteiger partial charge in [0.05, 0.1) is 19.3 Å². The van der Waals surface area contributed by atoms with E-state index in [0.717, 1.165) is 6.61 Å². The molecule has 0 aromatic rings. The Kier molecular flexibility index (Phi) is 3.77. The molecule has 49 valence electrons. The van der Waals surface area contributed by atoms with Crippen LogP contribution in [0.1, 0.15) is 6.92 Å². The Bertz CT molecular complexity index is 49.6. The molecular formula is C5H11O3. The molecule has 0 amide bonds. The average molecular weight is 119 g/mol. The molecule has 3 heteroatoms. The van der Waals surface area contributed by atoms with Crippen LogP contribution in [0.3, 0.4) is 0 Å². The van der Waals surface area contributed by atoms with Gasteiger partial charge in [0.1, 0.15) is 0 Å². The van der Waals surface area contributed by atoms with Crippen molar-refractivity contribution in [1.29, 1.82) is 0 Å². The molecule has 3 N–H and O–H groups in total. The van der Waals surface area contributed by atoms with E-state index in [4.69, 9.17) is 15.3 Å². The minimum atomic E-state index is -0.676. The van der Waals surface area contributed by atoms with E-state index in [-0.39, 0.29) is 6.61 Å². The molecule has 2 unspecified atom stereocenters. The summed E-state index contributed by atoms with van der Waals surface area (Å²) < 4.78 is 0. The number of rotatable bonds is 3. The lowest BCUT2D eigenvalue weighted by atomic mass is 10.1. The molecule has 3 nitrogen and oxygen atoms in total. The monoisotopic (exact) mass is 119 g/mol. The molecule has 0 rings (SSSR count). The molecule has 0 saturated carbocycles. The first-order valence-electron chi connectivity index (χ1n) is 2.48. The van der Waals surface area contributed by atoms with Crippen LogP contribution in [0.2, 0.25) is 0 Å². The molecule has 0 saturated heterocycles. The van der Waals surface area contributed by atoms with Crippen LogP contribution >= 0.6 is 0 Å². The summed E-state index contributed by atoms with van der Waals surface area (Å²) in [7, 11) is 0. The fourth-order valence-electron chi connectivity index (χ4n) is 0.324. The lowest BCUT2D eigenvalue weighted by Gasteiger charge is -2.11. The zero-order valence-corrected chi connectivity index (χ0v) is 4.78. The van der Waals surface area contributed by atoms with Gasteiger partial charge in [-0.1, -0.05) is 0 Å². The van der Waals surface area contributed by atoms with Crippen molar-refractivity contribution in [2.45, 2.75) is 13.0 Å². The van der Waals surface area contributed by atoms with Gasteiger partial charge in [-0.25, -0.2) is 0 Å². The van der Waals surface area contributed by atoms with E-state index in [1.165, 1.54) is 6.92 Å². The Balaban J connectivity index is 3.35. The van der Waals surface area contributed by atoms with Gasteiger partial charge < -0.3 is 15.3 Å². The van der Waals surface area contributed by atoms with Crippen LogP contribution in [0.4, 0.5) is 0 Å². The summed E-state index contributed by atoms with van der Waals surface area (Å²) in [5.74, 6) is -0.505. The number of aliphatic hydroxyl groups is 3. The highest BCUT2D eigenvalue weighted by atomic mass is 16.3. The lowest BCUT2D eigenvalue weighted by molar-refractivity contribution is 0.0715. The lowest BCUT2D eigenvalue weighted by Crippen LogP contribution is -2.20. The molecule has 0 aliphatic heterocycles. The maximum atomic E-state index is 8.66. The average Bonchev–Trinajstić information content (AvgIpc) is 1.69. The van der Waals surface area contributed by atoms with Crippen molar-refractivity contribution in [3.8, 4) is 0 Å². The van der Waals surface area contributed by atoms with Crippen molar-refractivity contribution in [2.75, 3.05) is 6.61 Å². The van der Waals surface area contributed by atoms with E-state index in [1.54, 1.807) is 0 Å². The Labute approximate surface area is 48.6 Å². The van der Waals surface area contributed by atoms with Gasteiger partial charge in [-0.3, -0.25) is 0 Å². The van der Waals surface area contributed by atoms with Gasteiger partial charge in [0.15, 0.2) is 0 Å². The molecule has 2 atom stereocenters. The van der Waals surface area contributed by atoms with Crippen LogP contribution in [0, 0.1) is 12.5 Å². The predicted octanol–water partition coefficient (Wildman–Crippen LogP) is -0.490. The van der Waals surface area contributed by atoms with E-state index in [1.807, 2.05) is 0 Å². The summed E-state index contributed by atoms with van der Waals surface area (Å²) in [5, 5.41) is 25.3. The molecule has 0 fully saturated rings. The third-order valence-electron chi connectivity index (χ3n) is 1.02. The normalized spacial score (nSPS) is 14.6. The van der Waals surface area contributed by atoms with Crippen LogP contribution < -0.4 is 0 Å². The number of aliphatic hydroxyl groups excluding tert-OH is 3. The van der Waals surface area contributed by atoms with Crippen molar-refractivity contribution in [1.82, 2.24) is 0 Å². The topological polar surface area (TPSA) is 60.7 Å². The van der Waals surface area contributed by atoms with Crippen molar-refractivity contribution in [3.05, 3.63) is 6.61 Å². The van der Waals surface area contributed by atoms with Gasteiger partial charge in [-0.05, 0) is 6.92 Å².